The van der Waals surface area contributed by atoms with Crippen molar-refractivity contribution < 1.29 is 0 Å². The molecule has 0 aliphatic carbocycles. The van der Waals surface area contributed by atoms with Crippen LogP contribution in [0.5, 0.6) is 0 Å². The van der Waals surface area contributed by atoms with Gasteiger partial charge in [0.05, 0.1) is 6.20 Å². The van der Waals surface area contributed by atoms with Crippen LogP contribution in [-0.4, -0.2) is 39.4 Å². The number of H-pyrrole nitrogens is 1. The molecule has 0 aromatic carbocycles. The molecule has 1 aliphatic heterocycles. The van der Waals surface area contributed by atoms with Crippen molar-refractivity contribution in [2.24, 2.45) is 18.2 Å². The summed E-state index contributed by atoms with van der Waals surface area (Å²) in [4.78, 5) is 18.8. The number of rotatable bonds is 2. The molecule has 1 atom stereocenters. The topological polar surface area (TPSA) is 92.8 Å². The molecule has 0 bridgehead atoms. The lowest BCUT2D eigenvalue weighted by atomic mass is 9.90. The Morgan fingerprint density at radius 2 is 2.37 bits per heavy atom. The first-order valence-corrected chi connectivity index (χ1v) is 6.39. The fourth-order valence-corrected chi connectivity index (χ4v) is 2.61. The first-order chi connectivity index (χ1) is 9.04. The SMILES string of the molecule is Cn1c(N2CCC(C)(CN)C2)nc2[nH]ncc2c1=O. The number of fused-ring (bicyclic) bond motifs is 1. The van der Waals surface area contributed by atoms with E-state index in [0.717, 1.165) is 19.5 Å². The quantitative estimate of drug-likeness (QED) is 0.784. The van der Waals surface area contributed by atoms with Crippen LogP contribution in [0.2, 0.25) is 0 Å². The molecule has 3 heterocycles. The van der Waals surface area contributed by atoms with Crippen molar-refractivity contribution in [2.75, 3.05) is 24.5 Å². The van der Waals surface area contributed by atoms with E-state index >= 15 is 0 Å². The van der Waals surface area contributed by atoms with Crippen LogP contribution in [0.4, 0.5) is 5.95 Å². The summed E-state index contributed by atoms with van der Waals surface area (Å²) in [5.74, 6) is 0.680. The number of hydrogen-bond acceptors (Lipinski definition) is 5. The van der Waals surface area contributed by atoms with Crippen LogP contribution < -0.4 is 16.2 Å². The summed E-state index contributed by atoms with van der Waals surface area (Å²) in [5.41, 5.74) is 6.38. The summed E-state index contributed by atoms with van der Waals surface area (Å²) >= 11 is 0. The Morgan fingerprint density at radius 3 is 3.05 bits per heavy atom. The zero-order chi connectivity index (χ0) is 13.6. The van der Waals surface area contributed by atoms with Crippen LogP contribution in [0.25, 0.3) is 11.0 Å². The minimum atomic E-state index is -0.0740. The van der Waals surface area contributed by atoms with Gasteiger partial charge in [-0.25, -0.2) is 0 Å². The average molecular weight is 262 g/mol. The van der Waals surface area contributed by atoms with Crippen LogP contribution in [0.3, 0.4) is 0 Å². The minimum absolute atomic E-state index is 0.0740. The zero-order valence-corrected chi connectivity index (χ0v) is 11.2. The van der Waals surface area contributed by atoms with Crippen molar-refractivity contribution in [2.45, 2.75) is 13.3 Å². The summed E-state index contributed by atoms with van der Waals surface area (Å²) in [6.45, 7) is 4.50. The molecule has 2 aromatic heterocycles. The van der Waals surface area contributed by atoms with Crippen molar-refractivity contribution >= 4 is 17.0 Å². The highest BCUT2D eigenvalue weighted by molar-refractivity contribution is 5.73. The van der Waals surface area contributed by atoms with Gasteiger partial charge >= 0.3 is 0 Å². The Morgan fingerprint density at radius 1 is 1.58 bits per heavy atom. The maximum atomic E-state index is 12.2. The highest BCUT2D eigenvalue weighted by Gasteiger charge is 2.34. The first kappa shape index (κ1) is 12.2. The Bertz CT molecular complexity index is 674. The highest BCUT2D eigenvalue weighted by atomic mass is 16.1. The molecule has 0 radical (unpaired) electrons. The van der Waals surface area contributed by atoms with Crippen LogP contribution in [0.1, 0.15) is 13.3 Å². The third-order valence-corrected chi connectivity index (χ3v) is 4.00. The molecule has 1 fully saturated rings. The van der Waals surface area contributed by atoms with Crippen LogP contribution in [0, 0.1) is 5.41 Å². The van der Waals surface area contributed by atoms with Crippen molar-refractivity contribution in [3.63, 3.8) is 0 Å². The van der Waals surface area contributed by atoms with Gasteiger partial charge in [-0.15, -0.1) is 0 Å². The second kappa shape index (κ2) is 4.06. The van der Waals surface area contributed by atoms with Crippen molar-refractivity contribution in [3.05, 3.63) is 16.6 Å². The van der Waals surface area contributed by atoms with Crippen molar-refractivity contribution in [1.29, 1.82) is 0 Å². The van der Waals surface area contributed by atoms with Gasteiger partial charge in [0.1, 0.15) is 5.39 Å². The number of nitrogens with one attached hydrogen (secondary N) is 1. The zero-order valence-electron chi connectivity index (χ0n) is 11.2. The fraction of sp³-hybridized carbons (Fsp3) is 0.583. The molecule has 3 rings (SSSR count). The summed E-state index contributed by atoms with van der Waals surface area (Å²) < 4.78 is 1.58. The third kappa shape index (κ3) is 1.81. The van der Waals surface area contributed by atoms with Gasteiger partial charge in [-0.1, -0.05) is 6.92 Å². The second-order valence-electron chi connectivity index (χ2n) is 5.59. The van der Waals surface area contributed by atoms with Gasteiger partial charge in [-0.05, 0) is 18.4 Å². The fourth-order valence-electron chi connectivity index (χ4n) is 2.61. The lowest BCUT2D eigenvalue weighted by Gasteiger charge is -2.24. The number of anilines is 1. The van der Waals surface area contributed by atoms with Gasteiger partial charge in [-0.3, -0.25) is 14.5 Å². The number of nitrogens with two attached hydrogens (primary N) is 1. The van der Waals surface area contributed by atoms with E-state index in [0.29, 0.717) is 23.5 Å². The molecule has 1 aliphatic rings. The molecule has 3 N–H and O–H groups in total. The van der Waals surface area contributed by atoms with Gasteiger partial charge in [0.2, 0.25) is 5.95 Å². The van der Waals surface area contributed by atoms with E-state index in [4.69, 9.17) is 5.73 Å². The normalized spacial score (nSPS) is 23.4. The maximum Gasteiger partial charge on any atom is 0.265 e. The molecule has 1 unspecified atom stereocenters. The molecule has 102 valence electrons. The highest BCUT2D eigenvalue weighted by Crippen LogP contribution is 2.31. The average Bonchev–Trinajstić information content (AvgIpc) is 3.01. The van der Waals surface area contributed by atoms with E-state index in [1.165, 1.54) is 6.20 Å². The number of hydrogen-bond donors (Lipinski definition) is 2. The van der Waals surface area contributed by atoms with E-state index in [-0.39, 0.29) is 11.0 Å². The lowest BCUT2D eigenvalue weighted by molar-refractivity contribution is 0.382. The number of aromatic amines is 1. The summed E-state index contributed by atoms with van der Waals surface area (Å²) in [6, 6.07) is 0. The molecule has 0 amide bonds. The second-order valence-corrected chi connectivity index (χ2v) is 5.59. The predicted octanol–water partition coefficient (Wildman–Crippen LogP) is -0.168. The van der Waals surface area contributed by atoms with E-state index in [9.17, 15) is 4.79 Å². The Labute approximate surface area is 110 Å². The smallest absolute Gasteiger partial charge is 0.265 e. The molecular formula is C12H18N6O. The summed E-state index contributed by atoms with van der Waals surface area (Å²) in [5, 5.41) is 7.16. The van der Waals surface area contributed by atoms with Gasteiger partial charge in [0, 0.05) is 20.1 Å². The van der Waals surface area contributed by atoms with E-state index in [2.05, 4.69) is 27.0 Å². The third-order valence-electron chi connectivity index (χ3n) is 4.00. The molecule has 2 aromatic rings. The van der Waals surface area contributed by atoms with Crippen molar-refractivity contribution in [3.8, 4) is 0 Å². The Hall–Kier alpha value is -1.89. The molecule has 1 saturated heterocycles. The van der Waals surface area contributed by atoms with Gasteiger partial charge < -0.3 is 10.6 Å². The lowest BCUT2D eigenvalue weighted by Crippen LogP contribution is -2.34. The molecule has 7 heteroatoms. The van der Waals surface area contributed by atoms with Gasteiger partial charge in [0.15, 0.2) is 5.65 Å². The number of aromatic nitrogens is 4. The molecule has 7 nitrogen and oxygen atoms in total. The van der Waals surface area contributed by atoms with Crippen LogP contribution in [-0.2, 0) is 7.05 Å². The molecule has 0 spiro atoms. The minimum Gasteiger partial charge on any atom is -0.341 e. The Balaban J connectivity index is 2.06. The van der Waals surface area contributed by atoms with E-state index in [1.54, 1.807) is 11.6 Å². The van der Waals surface area contributed by atoms with E-state index in [1.807, 2.05) is 0 Å². The standard InChI is InChI=1S/C12H18N6O/c1-12(6-13)3-4-18(7-12)11-15-9-8(5-14-16-9)10(19)17(11)2/h5H,3-4,6-7,13H2,1-2H3,(H,14,16). The summed E-state index contributed by atoms with van der Waals surface area (Å²) in [6.07, 6.45) is 2.53. The van der Waals surface area contributed by atoms with Crippen LogP contribution in [0.15, 0.2) is 11.0 Å². The first-order valence-electron chi connectivity index (χ1n) is 6.39. The predicted molar refractivity (Wildman–Crippen MR) is 73.1 cm³/mol. The van der Waals surface area contributed by atoms with Gasteiger partial charge in [-0.2, -0.15) is 10.1 Å². The molecule has 19 heavy (non-hydrogen) atoms. The molecule has 0 saturated carbocycles. The monoisotopic (exact) mass is 262 g/mol. The number of nitrogens with zero attached hydrogens (tertiary/aromatic N) is 4. The van der Waals surface area contributed by atoms with Gasteiger partial charge in [0.25, 0.3) is 5.56 Å². The summed E-state index contributed by atoms with van der Waals surface area (Å²) in [7, 11) is 1.75. The molecular weight excluding hydrogens is 244 g/mol. The van der Waals surface area contributed by atoms with Crippen molar-refractivity contribution in [1.82, 2.24) is 19.7 Å². The largest absolute Gasteiger partial charge is 0.341 e. The van der Waals surface area contributed by atoms with Crippen LogP contribution >= 0.6 is 0 Å². The Kier molecular flexibility index (Phi) is 2.60. The maximum absolute atomic E-state index is 12.2. The van der Waals surface area contributed by atoms with E-state index < -0.39 is 0 Å².